The molecule has 0 bridgehead atoms. The van der Waals surface area contributed by atoms with Crippen molar-refractivity contribution in [1.29, 1.82) is 0 Å². The van der Waals surface area contributed by atoms with Crippen LogP contribution in [-0.4, -0.2) is 42.7 Å². The topological polar surface area (TPSA) is 49.8 Å². The third-order valence-corrected chi connectivity index (χ3v) is 1.90. The molecule has 15 heavy (non-hydrogen) atoms. The standard InChI is InChI=1S/C11H15NO3/c1-12(2)11(14)10(8-13)15-9-6-4-3-5-7-9/h3-7,10,13H,8H2,1-2H3. The summed E-state index contributed by atoms with van der Waals surface area (Å²) in [7, 11) is 3.25. The van der Waals surface area contributed by atoms with Crippen molar-refractivity contribution in [2.45, 2.75) is 6.10 Å². The number of aliphatic hydroxyl groups is 1. The maximum absolute atomic E-state index is 11.5. The number of hydrogen-bond acceptors (Lipinski definition) is 3. The number of amides is 1. The van der Waals surface area contributed by atoms with Crippen LogP contribution in [-0.2, 0) is 4.79 Å². The number of carbonyl (C=O) groups is 1. The van der Waals surface area contributed by atoms with Crippen molar-refractivity contribution in [3.63, 3.8) is 0 Å². The lowest BCUT2D eigenvalue weighted by molar-refractivity contribution is -0.137. The second-order valence-corrected chi connectivity index (χ2v) is 3.33. The number of hydrogen-bond donors (Lipinski definition) is 1. The zero-order valence-electron chi connectivity index (χ0n) is 8.88. The minimum atomic E-state index is -0.831. The molecule has 0 radical (unpaired) electrons. The molecule has 1 atom stereocenters. The Labute approximate surface area is 89.1 Å². The van der Waals surface area contributed by atoms with Crippen LogP contribution in [0.15, 0.2) is 30.3 Å². The lowest BCUT2D eigenvalue weighted by Crippen LogP contribution is -2.40. The molecule has 0 saturated heterocycles. The molecule has 4 heteroatoms. The van der Waals surface area contributed by atoms with Crippen LogP contribution < -0.4 is 4.74 Å². The third-order valence-electron chi connectivity index (χ3n) is 1.90. The van der Waals surface area contributed by atoms with E-state index in [0.717, 1.165) is 0 Å². The number of ether oxygens (including phenoxy) is 1. The number of para-hydroxylation sites is 1. The SMILES string of the molecule is CN(C)C(=O)C(CO)Oc1ccccc1. The van der Waals surface area contributed by atoms with E-state index in [9.17, 15) is 4.79 Å². The number of benzene rings is 1. The summed E-state index contributed by atoms with van der Waals surface area (Å²) in [6, 6.07) is 8.96. The molecule has 0 aromatic heterocycles. The van der Waals surface area contributed by atoms with Gasteiger partial charge in [-0.2, -0.15) is 0 Å². The van der Waals surface area contributed by atoms with Crippen molar-refractivity contribution in [3.8, 4) is 5.75 Å². The first-order valence-electron chi connectivity index (χ1n) is 4.69. The zero-order valence-corrected chi connectivity index (χ0v) is 8.88. The van der Waals surface area contributed by atoms with Crippen molar-refractivity contribution in [3.05, 3.63) is 30.3 Å². The Morgan fingerprint density at radius 1 is 1.40 bits per heavy atom. The van der Waals surface area contributed by atoms with Gasteiger partial charge in [0.1, 0.15) is 5.75 Å². The van der Waals surface area contributed by atoms with Gasteiger partial charge in [0.25, 0.3) is 5.91 Å². The molecule has 1 aromatic carbocycles. The molecule has 0 fully saturated rings. The Hall–Kier alpha value is -1.55. The van der Waals surface area contributed by atoms with Crippen molar-refractivity contribution in [2.75, 3.05) is 20.7 Å². The van der Waals surface area contributed by atoms with Crippen LogP contribution >= 0.6 is 0 Å². The monoisotopic (exact) mass is 209 g/mol. The fourth-order valence-electron chi connectivity index (χ4n) is 1.12. The van der Waals surface area contributed by atoms with Crippen LogP contribution in [0.5, 0.6) is 5.75 Å². The minimum Gasteiger partial charge on any atom is -0.478 e. The van der Waals surface area contributed by atoms with Crippen LogP contribution in [0.25, 0.3) is 0 Å². The molecule has 0 heterocycles. The van der Waals surface area contributed by atoms with Crippen molar-refractivity contribution >= 4 is 5.91 Å². The molecule has 1 aromatic rings. The highest BCUT2D eigenvalue weighted by Gasteiger charge is 2.20. The van der Waals surface area contributed by atoms with E-state index in [1.807, 2.05) is 18.2 Å². The van der Waals surface area contributed by atoms with E-state index in [0.29, 0.717) is 5.75 Å². The molecule has 0 aliphatic heterocycles. The molecule has 1 rings (SSSR count). The predicted molar refractivity (Wildman–Crippen MR) is 56.6 cm³/mol. The second kappa shape index (κ2) is 5.36. The molecule has 1 amide bonds. The number of carbonyl (C=O) groups excluding carboxylic acids is 1. The molecule has 1 N–H and O–H groups in total. The van der Waals surface area contributed by atoms with E-state index in [4.69, 9.17) is 9.84 Å². The summed E-state index contributed by atoms with van der Waals surface area (Å²) in [4.78, 5) is 12.9. The quantitative estimate of drug-likeness (QED) is 0.786. The molecule has 0 aliphatic rings. The first kappa shape index (κ1) is 11.5. The smallest absolute Gasteiger partial charge is 0.265 e. The van der Waals surface area contributed by atoms with Crippen LogP contribution in [0.1, 0.15) is 0 Å². The van der Waals surface area contributed by atoms with E-state index >= 15 is 0 Å². The van der Waals surface area contributed by atoms with Gasteiger partial charge in [-0.1, -0.05) is 18.2 Å². The second-order valence-electron chi connectivity index (χ2n) is 3.33. The van der Waals surface area contributed by atoms with Gasteiger partial charge < -0.3 is 14.7 Å². The van der Waals surface area contributed by atoms with Crippen LogP contribution in [0.3, 0.4) is 0 Å². The molecular formula is C11H15NO3. The maximum atomic E-state index is 11.5. The van der Waals surface area contributed by atoms with Gasteiger partial charge >= 0.3 is 0 Å². The third kappa shape index (κ3) is 3.25. The Morgan fingerprint density at radius 3 is 2.47 bits per heavy atom. The normalized spacial score (nSPS) is 11.9. The summed E-state index contributed by atoms with van der Waals surface area (Å²) in [5, 5.41) is 9.03. The summed E-state index contributed by atoms with van der Waals surface area (Å²) >= 11 is 0. The number of aliphatic hydroxyl groups excluding tert-OH is 1. The molecule has 4 nitrogen and oxygen atoms in total. The van der Waals surface area contributed by atoms with E-state index in [1.165, 1.54) is 4.90 Å². The largest absolute Gasteiger partial charge is 0.478 e. The summed E-state index contributed by atoms with van der Waals surface area (Å²) in [6.07, 6.45) is -0.831. The summed E-state index contributed by atoms with van der Waals surface area (Å²) < 4.78 is 5.35. The summed E-state index contributed by atoms with van der Waals surface area (Å²) in [5.41, 5.74) is 0. The van der Waals surface area contributed by atoms with E-state index < -0.39 is 6.10 Å². The molecule has 0 spiro atoms. The van der Waals surface area contributed by atoms with Gasteiger partial charge in [-0.05, 0) is 12.1 Å². The molecule has 82 valence electrons. The number of rotatable bonds is 4. The Balaban J connectivity index is 2.66. The summed E-state index contributed by atoms with van der Waals surface area (Å²) in [5.74, 6) is 0.327. The fourth-order valence-corrected chi connectivity index (χ4v) is 1.12. The van der Waals surface area contributed by atoms with E-state index in [2.05, 4.69) is 0 Å². The Bertz CT molecular complexity index is 311. The van der Waals surface area contributed by atoms with Gasteiger partial charge in [-0.15, -0.1) is 0 Å². The average molecular weight is 209 g/mol. The van der Waals surface area contributed by atoms with E-state index in [1.54, 1.807) is 26.2 Å². The highest BCUT2D eigenvalue weighted by molar-refractivity contribution is 5.80. The lowest BCUT2D eigenvalue weighted by Gasteiger charge is -2.19. The van der Waals surface area contributed by atoms with Crippen LogP contribution in [0, 0.1) is 0 Å². The summed E-state index contributed by atoms with van der Waals surface area (Å²) in [6.45, 7) is -0.327. The Kier molecular flexibility index (Phi) is 4.12. The molecule has 1 unspecified atom stereocenters. The van der Waals surface area contributed by atoms with Gasteiger partial charge in [0, 0.05) is 14.1 Å². The van der Waals surface area contributed by atoms with Crippen molar-refractivity contribution in [1.82, 2.24) is 4.90 Å². The zero-order chi connectivity index (χ0) is 11.3. The number of nitrogens with zero attached hydrogens (tertiary/aromatic N) is 1. The molecule has 0 aliphatic carbocycles. The first-order chi connectivity index (χ1) is 7.15. The van der Waals surface area contributed by atoms with E-state index in [-0.39, 0.29) is 12.5 Å². The highest BCUT2D eigenvalue weighted by Crippen LogP contribution is 2.11. The molecule has 0 saturated carbocycles. The number of likely N-dealkylation sites (N-methyl/N-ethyl adjacent to an activating group) is 1. The van der Waals surface area contributed by atoms with Gasteiger partial charge in [-0.25, -0.2) is 0 Å². The fraction of sp³-hybridized carbons (Fsp3) is 0.364. The predicted octanol–water partition coefficient (Wildman–Crippen LogP) is 0.514. The van der Waals surface area contributed by atoms with Crippen molar-refractivity contribution in [2.24, 2.45) is 0 Å². The lowest BCUT2D eigenvalue weighted by atomic mass is 10.3. The maximum Gasteiger partial charge on any atom is 0.265 e. The van der Waals surface area contributed by atoms with Gasteiger partial charge in [0.15, 0.2) is 6.10 Å². The Morgan fingerprint density at radius 2 is 2.00 bits per heavy atom. The minimum absolute atomic E-state index is 0.249. The highest BCUT2D eigenvalue weighted by atomic mass is 16.5. The molecular weight excluding hydrogens is 194 g/mol. The van der Waals surface area contributed by atoms with Gasteiger partial charge in [-0.3, -0.25) is 4.79 Å². The van der Waals surface area contributed by atoms with Gasteiger partial charge in [0.05, 0.1) is 6.61 Å². The average Bonchev–Trinajstić information content (AvgIpc) is 2.26. The first-order valence-corrected chi connectivity index (χ1v) is 4.69. The van der Waals surface area contributed by atoms with Crippen molar-refractivity contribution < 1.29 is 14.6 Å². The van der Waals surface area contributed by atoms with Gasteiger partial charge in [0.2, 0.25) is 0 Å². The van der Waals surface area contributed by atoms with Crippen LogP contribution in [0.4, 0.5) is 0 Å². The van der Waals surface area contributed by atoms with Crippen LogP contribution in [0.2, 0.25) is 0 Å².